The molecular formula is C11H20F3N3O. The second-order valence-electron chi connectivity index (χ2n) is 5.01. The minimum atomic E-state index is -4.20. The Morgan fingerprint density at radius 2 is 2.00 bits per heavy atom. The molecule has 0 heterocycles. The lowest BCUT2D eigenvalue weighted by atomic mass is 9.97. The number of halogens is 3. The summed E-state index contributed by atoms with van der Waals surface area (Å²) in [4.78, 5) is 12.6. The Morgan fingerprint density at radius 3 is 2.33 bits per heavy atom. The van der Waals surface area contributed by atoms with Crippen LogP contribution in [0.5, 0.6) is 0 Å². The van der Waals surface area contributed by atoms with Gasteiger partial charge in [-0.05, 0) is 33.2 Å². The first-order valence-electron chi connectivity index (χ1n) is 5.97. The number of nitrogens with zero attached hydrogens (tertiary/aromatic N) is 1. The molecule has 1 atom stereocenters. The number of nitrogens with two attached hydrogens (primary N) is 1. The van der Waals surface area contributed by atoms with Gasteiger partial charge in [0.25, 0.3) is 0 Å². The van der Waals surface area contributed by atoms with Crippen LogP contribution in [0.2, 0.25) is 0 Å². The lowest BCUT2D eigenvalue weighted by Gasteiger charge is -2.30. The van der Waals surface area contributed by atoms with Gasteiger partial charge in [-0.3, -0.25) is 9.69 Å². The Kier molecular flexibility index (Phi) is 4.61. The van der Waals surface area contributed by atoms with Gasteiger partial charge in [0.2, 0.25) is 5.91 Å². The smallest absolute Gasteiger partial charge is 0.368 e. The van der Waals surface area contributed by atoms with Crippen LogP contribution < -0.4 is 11.1 Å². The number of rotatable bonds is 7. The maximum absolute atomic E-state index is 12.4. The zero-order chi connectivity index (χ0) is 14.0. The standard InChI is InChI=1S/C11H20F3N3O/c1-10(16-2,9(15)18)5-6-17(8-3-4-8)7-11(12,13)14/h8,16H,3-7H2,1-2H3,(H2,15,18). The molecule has 0 aromatic carbocycles. The highest BCUT2D eigenvalue weighted by molar-refractivity contribution is 5.84. The molecular weight excluding hydrogens is 247 g/mol. The Balaban J connectivity index is 2.54. The van der Waals surface area contributed by atoms with E-state index in [4.69, 9.17) is 5.73 Å². The van der Waals surface area contributed by atoms with Crippen molar-refractivity contribution in [3.8, 4) is 0 Å². The number of hydrogen-bond acceptors (Lipinski definition) is 3. The summed E-state index contributed by atoms with van der Waals surface area (Å²) in [5, 5.41) is 2.77. The van der Waals surface area contributed by atoms with Crippen molar-refractivity contribution >= 4 is 5.91 Å². The first-order valence-corrected chi connectivity index (χ1v) is 5.97. The molecule has 7 heteroatoms. The highest BCUT2D eigenvalue weighted by atomic mass is 19.4. The number of carbonyl (C=O) groups is 1. The number of likely N-dealkylation sites (N-methyl/N-ethyl adjacent to an activating group) is 1. The van der Waals surface area contributed by atoms with E-state index in [1.165, 1.54) is 4.90 Å². The van der Waals surface area contributed by atoms with Crippen molar-refractivity contribution in [2.24, 2.45) is 5.73 Å². The summed E-state index contributed by atoms with van der Waals surface area (Å²) in [7, 11) is 1.58. The van der Waals surface area contributed by atoms with Crippen molar-refractivity contribution in [3.63, 3.8) is 0 Å². The van der Waals surface area contributed by atoms with E-state index in [0.29, 0.717) is 0 Å². The van der Waals surface area contributed by atoms with Crippen LogP contribution in [0.25, 0.3) is 0 Å². The summed E-state index contributed by atoms with van der Waals surface area (Å²) in [5.41, 5.74) is 4.28. The fraction of sp³-hybridized carbons (Fsp3) is 0.909. The van der Waals surface area contributed by atoms with Crippen LogP contribution in [0.1, 0.15) is 26.2 Å². The maximum Gasteiger partial charge on any atom is 0.401 e. The molecule has 0 aliphatic heterocycles. The second kappa shape index (κ2) is 5.44. The van der Waals surface area contributed by atoms with E-state index in [9.17, 15) is 18.0 Å². The molecule has 0 bridgehead atoms. The maximum atomic E-state index is 12.4. The first kappa shape index (κ1) is 15.2. The zero-order valence-electron chi connectivity index (χ0n) is 10.7. The average Bonchev–Trinajstić information content (AvgIpc) is 3.05. The van der Waals surface area contributed by atoms with E-state index in [2.05, 4.69) is 5.32 Å². The predicted molar refractivity (Wildman–Crippen MR) is 61.9 cm³/mol. The number of primary amides is 1. The van der Waals surface area contributed by atoms with Gasteiger partial charge >= 0.3 is 6.18 Å². The molecule has 4 nitrogen and oxygen atoms in total. The van der Waals surface area contributed by atoms with Gasteiger partial charge in [0.15, 0.2) is 0 Å². The Hall–Kier alpha value is -0.820. The third-order valence-corrected chi connectivity index (χ3v) is 3.44. The Labute approximate surface area is 105 Å². The van der Waals surface area contributed by atoms with Crippen LogP contribution in [-0.2, 0) is 4.79 Å². The number of alkyl halides is 3. The summed E-state index contributed by atoms with van der Waals surface area (Å²) < 4.78 is 37.2. The number of hydrogen-bond donors (Lipinski definition) is 2. The van der Waals surface area contributed by atoms with Gasteiger partial charge in [-0.1, -0.05) is 0 Å². The Morgan fingerprint density at radius 1 is 1.44 bits per heavy atom. The molecule has 1 fully saturated rings. The molecule has 106 valence electrons. The third-order valence-electron chi connectivity index (χ3n) is 3.44. The summed E-state index contributed by atoms with van der Waals surface area (Å²) in [5.74, 6) is -0.548. The fourth-order valence-corrected chi connectivity index (χ4v) is 1.80. The number of carbonyl (C=O) groups excluding carboxylic acids is 1. The van der Waals surface area contributed by atoms with Gasteiger partial charge < -0.3 is 11.1 Å². The topological polar surface area (TPSA) is 58.4 Å². The molecule has 1 amide bonds. The van der Waals surface area contributed by atoms with E-state index >= 15 is 0 Å². The largest absolute Gasteiger partial charge is 0.401 e. The van der Waals surface area contributed by atoms with Gasteiger partial charge in [-0.25, -0.2) is 0 Å². The van der Waals surface area contributed by atoms with E-state index < -0.39 is 24.2 Å². The van der Waals surface area contributed by atoms with E-state index in [-0.39, 0.29) is 19.0 Å². The molecule has 0 radical (unpaired) electrons. The van der Waals surface area contributed by atoms with Crippen molar-refractivity contribution < 1.29 is 18.0 Å². The van der Waals surface area contributed by atoms with Crippen molar-refractivity contribution in [3.05, 3.63) is 0 Å². The van der Waals surface area contributed by atoms with Gasteiger partial charge in [-0.2, -0.15) is 13.2 Å². The van der Waals surface area contributed by atoms with Crippen molar-refractivity contribution in [1.82, 2.24) is 10.2 Å². The first-order chi connectivity index (χ1) is 8.18. The molecule has 0 spiro atoms. The molecule has 3 N–H and O–H groups in total. The number of amides is 1. The molecule has 0 aromatic rings. The molecule has 0 saturated heterocycles. The molecule has 1 saturated carbocycles. The van der Waals surface area contributed by atoms with E-state index in [0.717, 1.165) is 12.8 Å². The highest BCUT2D eigenvalue weighted by Crippen LogP contribution is 2.30. The SMILES string of the molecule is CNC(C)(CCN(CC(F)(F)F)C1CC1)C(N)=O. The summed E-state index contributed by atoms with van der Waals surface area (Å²) in [6.07, 6.45) is -2.34. The van der Waals surface area contributed by atoms with Crippen LogP contribution in [0.4, 0.5) is 13.2 Å². The third kappa shape index (κ3) is 4.45. The number of nitrogens with one attached hydrogen (secondary N) is 1. The van der Waals surface area contributed by atoms with Gasteiger partial charge in [0, 0.05) is 12.6 Å². The normalized spacial score (nSPS) is 19.9. The van der Waals surface area contributed by atoms with Gasteiger partial charge in [0.1, 0.15) is 0 Å². The lowest BCUT2D eigenvalue weighted by molar-refractivity contribution is -0.147. The van der Waals surface area contributed by atoms with Crippen molar-refractivity contribution in [2.75, 3.05) is 20.1 Å². The minimum absolute atomic E-state index is 0.000563. The van der Waals surface area contributed by atoms with Crippen molar-refractivity contribution in [1.29, 1.82) is 0 Å². The average molecular weight is 267 g/mol. The van der Waals surface area contributed by atoms with E-state index in [1.54, 1.807) is 14.0 Å². The van der Waals surface area contributed by atoms with Crippen LogP contribution in [-0.4, -0.2) is 48.7 Å². The molecule has 1 aliphatic carbocycles. The molecule has 1 unspecified atom stereocenters. The van der Waals surface area contributed by atoms with Crippen LogP contribution in [0, 0.1) is 0 Å². The molecule has 0 aromatic heterocycles. The van der Waals surface area contributed by atoms with Gasteiger partial charge in [0.05, 0.1) is 12.1 Å². The van der Waals surface area contributed by atoms with Crippen molar-refractivity contribution in [2.45, 2.75) is 43.9 Å². The fourth-order valence-electron chi connectivity index (χ4n) is 1.80. The summed E-state index contributed by atoms with van der Waals surface area (Å²) >= 11 is 0. The quantitative estimate of drug-likeness (QED) is 0.719. The van der Waals surface area contributed by atoms with Crippen LogP contribution >= 0.6 is 0 Å². The predicted octanol–water partition coefficient (Wildman–Crippen LogP) is 0.867. The molecule has 1 aliphatic rings. The Bertz CT molecular complexity index is 304. The molecule has 18 heavy (non-hydrogen) atoms. The van der Waals surface area contributed by atoms with E-state index in [1.807, 2.05) is 0 Å². The van der Waals surface area contributed by atoms with Gasteiger partial charge in [-0.15, -0.1) is 0 Å². The lowest BCUT2D eigenvalue weighted by Crippen LogP contribution is -2.53. The zero-order valence-corrected chi connectivity index (χ0v) is 10.7. The minimum Gasteiger partial charge on any atom is -0.368 e. The summed E-state index contributed by atoms with van der Waals surface area (Å²) in [6, 6.07) is 0.000563. The summed E-state index contributed by atoms with van der Waals surface area (Å²) in [6.45, 7) is 0.897. The van der Waals surface area contributed by atoms with Crippen LogP contribution in [0.3, 0.4) is 0 Å². The second-order valence-corrected chi connectivity index (χ2v) is 5.01. The van der Waals surface area contributed by atoms with Crippen LogP contribution in [0.15, 0.2) is 0 Å². The molecule has 1 rings (SSSR count). The highest BCUT2D eigenvalue weighted by Gasteiger charge is 2.39. The monoisotopic (exact) mass is 267 g/mol.